The number of phenolic OH excluding ortho intramolecular Hbond substituents is 1. The smallest absolute Gasteiger partial charge is 0.136 e. The van der Waals surface area contributed by atoms with Crippen molar-refractivity contribution < 1.29 is 9.90 Å². The van der Waals surface area contributed by atoms with Crippen molar-refractivity contribution in [3.05, 3.63) is 28.8 Å². The molecule has 0 aliphatic heterocycles. The summed E-state index contributed by atoms with van der Waals surface area (Å²) in [7, 11) is 0. The van der Waals surface area contributed by atoms with Crippen LogP contribution in [0.2, 0.25) is 0 Å². The van der Waals surface area contributed by atoms with Gasteiger partial charge in [0.2, 0.25) is 0 Å². The van der Waals surface area contributed by atoms with E-state index in [1.165, 1.54) is 0 Å². The van der Waals surface area contributed by atoms with Crippen LogP contribution in [0.25, 0.3) is 0 Å². The summed E-state index contributed by atoms with van der Waals surface area (Å²) in [5, 5.41) is 10.8. The van der Waals surface area contributed by atoms with Gasteiger partial charge in [-0.3, -0.25) is 4.79 Å². The number of rotatable bonds is 8. The predicted octanol–water partition coefficient (Wildman–Crippen LogP) is 4.54. The molecule has 0 aliphatic carbocycles. The van der Waals surface area contributed by atoms with E-state index in [1.54, 1.807) is 0 Å². The summed E-state index contributed by atoms with van der Waals surface area (Å²) in [5.41, 5.74) is 14.1. The first-order valence-corrected chi connectivity index (χ1v) is 10.2. The quantitative estimate of drug-likeness (QED) is 0.581. The molecule has 1 aromatic rings. The van der Waals surface area contributed by atoms with Crippen LogP contribution in [0.15, 0.2) is 12.1 Å². The normalized spacial score (nSPS) is 13.9. The fourth-order valence-corrected chi connectivity index (χ4v) is 3.54. The molecular weight excluding hydrogens is 336 g/mol. The van der Waals surface area contributed by atoms with Gasteiger partial charge in [-0.05, 0) is 46.8 Å². The molecular formula is C23H40N2O2. The minimum absolute atomic E-state index is 0.0590. The van der Waals surface area contributed by atoms with Crippen molar-refractivity contribution in [2.45, 2.75) is 97.6 Å². The predicted molar refractivity (Wildman–Crippen MR) is 114 cm³/mol. The second-order valence-corrected chi connectivity index (χ2v) is 9.89. The number of phenols is 1. The molecule has 0 saturated carbocycles. The summed E-state index contributed by atoms with van der Waals surface area (Å²) in [6, 6.07) is 4.11. The van der Waals surface area contributed by atoms with Gasteiger partial charge in [-0.15, -0.1) is 0 Å². The molecule has 0 aromatic heterocycles. The molecule has 0 fully saturated rings. The Morgan fingerprint density at radius 1 is 1.04 bits per heavy atom. The monoisotopic (exact) mass is 376 g/mol. The summed E-state index contributed by atoms with van der Waals surface area (Å²) in [5.74, 6) is 0.555. The molecule has 0 radical (unpaired) electrons. The molecule has 0 saturated heterocycles. The van der Waals surface area contributed by atoms with Crippen molar-refractivity contribution in [3.63, 3.8) is 0 Å². The van der Waals surface area contributed by atoms with E-state index < -0.39 is 6.17 Å². The number of carbonyl (C=O) groups excluding carboxylic acids is 1. The number of Topliss-reactive ketones (excluding diaryl/α,β-unsaturated/α-hetero) is 1. The topological polar surface area (TPSA) is 89.3 Å². The lowest BCUT2D eigenvalue weighted by Crippen LogP contribution is -2.35. The van der Waals surface area contributed by atoms with E-state index >= 15 is 0 Å². The highest BCUT2D eigenvalue weighted by Gasteiger charge is 2.27. The highest BCUT2D eigenvalue weighted by Crippen LogP contribution is 2.40. The average molecular weight is 377 g/mol. The third-order valence-corrected chi connectivity index (χ3v) is 5.09. The minimum atomic E-state index is -0.445. The maximum Gasteiger partial charge on any atom is 0.136 e. The van der Waals surface area contributed by atoms with E-state index in [1.807, 2.05) is 0 Å². The van der Waals surface area contributed by atoms with Crippen LogP contribution in [0.4, 0.5) is 0 Å². The molecule has 0 heterocycles. The van der Waals surface area contributed by atoms with Crippen LogP contribution in [0.3, 0.4) is 0 Å². The fourth-order valence-electron chi connectivity index (χ4n) is 3.54. The third-order valence-electron chi connectivity index (χ3n) is 5.09. The van der Waals surface area contributed by atoms with Crippen LogP contribution in [0.5, 0.6) is 5.75 Å². The maximum absolute atomic E-state index is 12.7. The van der Waals surface area contributed by atoms with Gasteiger partial charge in [0.15, 0.2) is 0 Å². The molecule has 27 heavy (non-hydrogen) atoms. The van der Waals surface area contributed by atoms with Crippen molar-refractivity contribution in [1.82, 2.24) is 0 Å². The lowest BCUT2D eigenvalue weighted by molar-refractivity contribution is -0.123. The van der Waals surface area contributed by atoms with E-state index in [9.17, 15) is 9.90 Å². The maximum atomic E-state index is 12.7. The number of carbonyl (C=O) groups is 1. The van der Waals surface area contributed by atoms with Gasteiger partial charge >= 0.3 is 0 Å². The second-order valence-electron chi connectivity index (χ2n) is 9.89. The number of aromatic hydroxyl groups is 1. The van der Waals surface area contributed by atoms with E-state index in [4.69, 9.17) is 11.5 Å². The van der Waals surface area contributed by atoms with E-state index in [0.29, 0.717) is 25.0 Å². The molecule has 0 aliphatic rings. The Hall–Kier alpha value is -1.39. The molecule has 0 bridgehead atoms. The van der Waals surface area contributed by atoms with Crippen LogP contribution in [-0.4, -0.2) is 17.1 Å². The molecule has 0 spiro atoms. The van der Waals surface area contributed by atoms with Crippen molar-refractivity contribution in [2.75, 3.05) is 0 Å². The molecule has 4 heteroatoms. The Kier molecular flexibility index (Phi) is 8.06. The van der Waals surface area contributed by atoms with Gasteiger partial charge in [0.1, 0.15) is 11.5 Å². The summed E-state index contributed by atoms with van der Waals surface area (Å²) in [6.45, 7) is 14.7. The van der Waals surface area contributed by atoms with Crippen molar-refractivity contribution in [1.29, 1.82) is 0 Å². The Labute approximate surface area is 165 Å². The number of hydrogen-bond acceptors (Lipinski definition) is 4. The van der Waals surface area contributed by atoms with Crippen molar-refractivity contribution in [3.8, 4) is 5.75 Å². The van der Waals surface area contributed by atoms with Gasteiger partial charge in [0.05, 0.1) is 6.17 Å². The van der Waals surface area contributed by atoms with Crippen LogP contribution < -0.4 is 11.5 Å². The fraction of sp³-hybridized carbons (Fsp3) is 0.696. The SMILES string of the molecule is CCCC(CC(N)N)C(=O)CCc1cc(C(C)(C)C)c(O)c(C(C)(C)C)c1. The van der Waals surface area contributed by atoms with Gasteiger partial charge < -0.3 is 16.6 Å². The van der Waals surface area contributed by atoms with Gasteiger partial charge in [-0.1, -0.05) is 67.0 Å². The second kappa shape index (κ2) is 9.20. The van der Waals surface area contributed by atoms with Crippen molar-refractivity contribution in [2.24, 2.45) is 17.4 Å². The van der Waals surface area contributed by atoms with Crippen LogP contribution in [0.1, 0.15) is 90.8 Å². The van der Waals surface area contributed by atoms with Crippen LogP contribution >= 0.6 is 0 Å². The molecule has 1 unspecified atom stereocenters. The summed E-state index contributed by atoms with van der Waals surface area (Å²) >= 11 is 0. The third kappa shape index (κ3) is 6.93. The van der Waals surface area contributed by atoms with Gasteiger partial charge in [0.25, 0.3) is 0 Å². The molecule has 1 atom stereocenters. The number of aryl methyl sites for hydroxylation is 1. The molecule has 5 N–H and O–H groups in total. The number of nitrogens with two attached hydrogens (primary N) is 2. The first-order valence-electron chi connectivity index (χ1n) is 10.2. The van der Waals surface area contributed by atoms with Crippen LogP contribution in [0, 0.1) is 5.92 Å². The number of ketones is 1. The average Bonchev–Trinajstić information content (AvgIpc) is 2.50. The molecule has 1 aromatic carbocycles. The minimum Gasteiger partial charge on any atom is -0.507 e. The zero-order valence-electron chi connectivity index (χ0n) is 18.4. The zero-order valence-corrected chi connectivity index (χ0v) is 18.4. The first-order chi connectivity index (χ1) is 12.3. The molecule has 154 valence electrons. The summed E-state index contributed by atoms with van der Waals surface area (Å²) in [4.78, 5) is 12.7. The highest BCUT2D eigenvalue weighted by atomic mass is 16.3. The Morgan fingerprint density at radius 2 is 1.52 bits per heavy atom. The largest absolute Gasteiger partial charge is 0.507 e. The number of benzene rings is 1. The van der Waals surface area contributed by atoms with E-state index in [0.717, 1.165) is 29.5 Å². The Balaban J connectivity index is 3.11. The van der Waals surface area contributed by atoms with Gasteiger partial charge in [-0.25, -0.2) is 0 Å². The highest BCUT2D eigenvalue weighted by molar-refractivity contribution is 5.81. The van der Waals surface area contributed by atoms with Gasteiger partial charge in [-0.2, -0.15) is 0 Å². The number of hydrogen-bond donors (Lipinski definition) is 3. The molecule has 1 rings (SSSR count). The van der Waals surface area contributed by atoms with E-state index in [2.05, 4.69) is 60.6 Å². The Bertz CT molecular complexity index is 602. The zero-order chi connectivity index (χ0) is 21.0. The van der Waals surface area contributed by atoms with Crippen molar-refractivity contribution >= 4 is 5.78 Å². The lowest BCUT2D eigenvalue weighted by Gasteiger charge is -2.28. The molecule has 0 amide bonds. The van der Waals surface area contributed by atoms with E-state index in [-0.39, 0.29) is 22.5 Å². The van der Waals surface area contributed by atoms with Gasteiger partial charge in [0, 0.05) is 12.3 Å². The summed E-state index contributed by atoms with van der Waals surface area (Å²) < 4.78 is 0. The van der Waals surface area contributed by atoms with Crippen LogP contribution in [-0.2, 0) is 22.0 Å². The standard InChI is InChI=1S/C23H40N2O2/c1-8-9-16(14-20(24)25)19(26)11-10-15-12-17(22(2,3)4)21(27)18(13-15)23(5,6)7/h12-13,16,20,27H,8-11,14,24-25H2,1-7H3. The Morgan fingerprint density at radius 3 is 1.89 bits per heavy atom. The summed E-state index contributed by atoms with van der Waals surface area (Å²) in [6.07, 6.45) is 3.03. The lowest BCUT2D eigenvalue weighted by atomic mass is 9.78. The molecule has 4 nitrogen and oxygen atoms in total. The first kappa shape index (κ1) is 23.6.